The summed E-state index contributed by atoms with van der Waals surface area (Å²) in [5.41, 5.74) is 5.52. The first-order valence-corrected chi connectivity index (χ1v) is 26.4. The Balaban J connectivity index is 0.000000177. The maximum Gasteiger partial charge on any atom is 0.245 e. The number of benzene rings is 2. The molecule has 4 atom stereocenters. The van der Waals surface area contributed by atoms with Crippen molar-refractivity contribution in [1.29, 1.82) is 0 Å². The number of aromatic nitrogens is 6. The molecule has 2 amide bonds. The van der Waals surface area contributed by atoms with Crippen LogP contribution in [0.2, 0.25) is 10.0 Å². The zero-order valence-electron chi connectivity index (χ0n) is 40.6. The molecule has 380 valence electrons. The third kappa shape index (κ3) is 14.0. The fourth-order valence-electron chi connectivity index (χ4n) is 10.3. The van der Waals surface area contributed by atoms with Crippen LogP contribution >= 0.6 is 34.8 Å². The van der Waals surface area contributed by atoms with Gasteiger partial charge in [0.2, 0.25) is 29.0 Å². The number of likely N-dealkylation sites (tertiary alicyclic amines) is 1. The van der Waals surface area contributed by atoms with Gasteiger partial charge in [-0.05, 0) is 138 Å². The number of hydrogen-bond donors (Lipinski definition) is 7. The molecule has 6 aromatic rings. The summed E-state index contributed by atoms with van der Waals surface area (Å²) in [4.78, 5) is 60.8. The largest absolute Gasteiger partial charge is 0.360 e. The van der Waals surface area contributed by atoms with Crippen molar-refractivity contribution in [2.45, 2.75) is 101 Å². The van der Waals surface area contributed by atoms with E-state index in [0.717, 1.165) is 142 Å². The second-order valence-electron chi connectivity index (χ2n) is 19.1. The molecule has 0 unspecified atom stereocenters. The number of carbonyl (C=O) groups excluding carboxylic acids is 3. The van der Waals surface area contributed by atoms with Crippen molar-refractivity contribution < 1.29 is 14.4 Å². The predicted molar refractivity (Wildman–Crippen MR) is 290 cm³/mol. The molecule has 2 aliphatic carbocycles. The van der Waals surface area contributed by atoms with Crippen LogP contribution in [0.3, 0.4) is 0 Å². The highest BCUT2D eigenvalue weighted by atomic mass is 35.5. The number of nitrogens with zero attached hydrogens (tertiary/aromatic N) is 5. The Morgan fingerprint density at radius 1 is 0.681 bits per heavy atom. The highest BCUT2D eigenvalue weighted by Gasteiger charge is 2.29. The quantitative estimate of drug-likeness (QED) is 0.0429. The number of nitrogens with one attached hydrogen (secondary N) is 7. The average Bonchev–Trinajstić information content (AvgIpc) is 4.05. The molecular formula is C54H65Cl3N12O3. The normalized spacial score (nSPS) is 20.6. The van der Waals surface area contributed by atoms with Crippen molar-refractivity contribution in [2.24, 2.45) is 11.8 Å². The lowest BCUT2D eigenvalue weighted by molar-refractivity contribution is -0.127. The Morgan fingerprint density at radius 3 is 1.71 bits per heavy atom. The van der Waals surface area contributed by atoms with Crippen LogP contribution < -0.4 is 26.6 Å². The molecule has 2 aliphatic heterocycles. The van der Waals surface area contributed by atoms with E-state index in [1.54, 1.807) is 12.4 Å². The number of H-pyrrole nitrogens is 2. The Labute approximate surface area is 436 Å². The number of fused-ring (bicyclic) bond motifs is 2. The molecule has 4 aromatic heterocycles. The van der Waals surface area contributed by atoms with Crippen LogP contribution in [0, 0.1) is 11.8 Å². The second kappa shape index (κ2) is 25.7. The van der Waals surface area contributed by atoms with E-state index in [9.17, 15) is 14.4 Å². The fraction of sp³-hybridized carbons (Fsp3) is 0.426. The zero-order valence-corrected chi connectivity index (χ0v) is 42.8. The Kier molecular flexibility index (Phi) is 18.7. The number of halogens is 3. The predicted octanol–water partition coefficient (Wildman–Crippen LogP) is 10.1. The van der Waals surface area contributed by atoms with E-state index < -0.39 is 5.24 Å². The summed E-state index contributed by atoms with van der Waals surface area (Å²) >= 11 is 17.7. The lowest BCUT2D eigenvalue weighted by Gasteiger charge is -2.34. The van der Waals surface area contributed by atoms with Crippen molar-refractivity contribution in [3.8, 4) is 22.5 Å². The van der Waals surface area contributed by atoms with Crippen molar-refractivity contribution in [3.05, 3.63) is 109 Å². The molecule has 10 rings (SSSR count). The zero-order chi connectivity index (χ0) is 50.4. The molecule has 7 N–H and O–H groups in total. The molecule has 0 radical (unpaired) electrons. The van der Waals surface area contributed by atoms with Gasteiger partial charge in [0.1, 0.15) is 0 Å². The number of rotatable bonds is 13. The third-order valence-corrected chi connectivity index (χ3v) is 14.9. The first kappa shape index (κ1) is 52.5. The topological polar surface area (TPSA) is 198 Å². The summed E-state index contributed by atoms with van der Waals surface area (Å²) in [6.45, 7) is 11.2. The SMILES string of the molecule is C=CC(=O)Cl.C=CC(=O)N1CCC(CN[C@H]2CCC[C@@H](Nc3ncc(Cl)c(-c4c[nH]c5ccccc45)n3)C2)CC1.O=C(N[C@H]1CCC[C@@H](Nc2ncc(Cl)c(-c3c[nH]c4ccccc34)n2)C1)C1CCNCC1. The number of amides is 2. The monoisotopic (exact) mass is 1030 g/mol. The first-order valence-electron chi connectivity index (χ1n) is 25.2. The highest BCUT2D eigenvalue weighted by Crippen LogP contribution is 2.35. The van der Waals surface area contributed by atoms with Crippen molar-refractivity contribution in [3.63, 3.8) is 0 Å². The summed E-state index contributed by atoms with van der Waals surface area (Å²) in [6.07, 6.45) is 22.2. The van der Waals surface area contributed by atoms with Crippen LogP contribution in [0.4, 0.5) is 11.9 Å². The minimum Gasteiger partial charge on any atom is -0.360 e. The lowest BCUT2D eigenvalue weighted by Crippen LogP contribution is -2.46. The van der Waals surface area contributed by atoms with Gasteiger partial charge in [-0.2, -0.15) is 0 Å². The Hall–Kier alpha value is -5.84. The molecule has 2 saturated carbocycles. The Morgan fingerprint density at radius 2 is 1.18 bits per heavy atom. The van der Waals surface area contributed by atoms with Crippen molar-refractivity contribution in [2.75, 3.05) is 43.4 Å². The fourth-order valence-corrected chi connectivity index (χ4v) is 10.7. The molecule has 72 heavy (non-hydrogen) atoms. The number of hydrogen-bond acceptors (Lipinski definition) is 11. The molecule has 2 saturated heterocycles. The van der Waals surface area contributed by atoms with E-state index >= 15 is 0 Å². The van der Waals surface area contributed by atoms with Crippen LogP contribution in [0.25, 0.3) is 44.3 Å². The number of anilines is 2. The van der Waals surface area contributed by atoms with Crippen LogP contribution in [-0.2, 0) is 14.4 Å². The molecular weight excluding hydrogens is 971 g/mol. The summed E-state index contributed by atoms with van der Waals surface area (Å²) in [5, 5.41) is 20.2. The van der Waals surface area contributed by atoms with E-state index in [0.29, 0.717) is 45.6 Å². The molecule has 18 heteroatoms. The maximum atomic E-state index is 12.7. The van der Waals surface area contributed by atoms with E-state index in [1.807, 2.05) is 53.7 Å². The van der Waals surface area contributed by atoms with Gasteiger partial charge in [0.05, 0.1) is 33.8 Å². The summed E-state index contributed by atoms with van der Waals surface area (Å²) in [6, 6.07) is 17.5. The number of allylic oxidation sites excluding steroid dienone is 1. The summed E-state index contributed by atoms with van der Waals surface area (Å²) in [7, 11) is 0. The smallest absolute Gasteiger partial charge is 0.245 e. The van der Waals surface area contributed by atoms with Gasteiger partial charge in [-0.3, -0.25) is 14.4 Å². The van der Waals surface area contributed by atoms with Gasteiger partial charge >= 0.3 is 0 Å². The molecule has 2 aromatic carbocycles. The minimum atomic E-state index is -0.509. The molecule has 6 heterocycles. The lowest BCUT2D eigenvalue weighted by atomic mass is 9.89. The van der Waals surface area contributed by atoms with Gasteiger partial charge in [-0.25, -0.2) is 19.9 Å². The molecule has 0 bridgehead atoms. The first-order chi connectivity index (χ1) is 35.0. The van der Waals surface area contributed by atoms with Gasteiger partial charge in [0.15, 0.2) is 0 Å². The molecule has 15 nitrogen and oxygen atoms in total. The third-order valence-electron chi connectivity index (χ3n) is 14.2. The van der Waals surface area contributed by atoms with Gasteiger partial charge < -0.3 is 41.5 Å². The van der Waals surface area contributed by atoms with Gasteiger partial charge in [-0.15, -0.1) is 0 Å². The van der Waals surface area contributed by atoms with Crippen molar-refractivity contribution in [1.82, 2.24) is 50.8 Å². The van der Waals surface area contributed by atoms with Crippen LogP contribution in [-0.4, -0.2) is 109 Å². The van der Waals surface area contributed by atoms with E-state index in [1.165, 1.54) is 18.9 Å². The van der Waals surface area contributed by atoms with E-state index in [2.05, 4.69) is 71.8 Å². The standard InChI is InChI=1S/C27H33ClN6O.C24H29ClN6O.C3H3ClO/c1-2-25(35)34-12-10-18(11-13-34)15-29-19-6-5-7-20(14-19)32-27-31-17-23(28)26(33-27)22-16-30-24-9-4-3-8-21(22)24;25-20-14-28-24(31-22(20)19-13-27-21-7-2-1-6-18(19)21)30-17-5-3-4-16(12-17)29-23(32)15-8-10-26-11-9-15;1-2-3(4)5/h2-4,8-9,16-20,29-30H,1,5-7,10-15H2,(H,31,32,33);1-2,6-7,13-17,26-27H,3-5,8-12H2,(H,29,32)(H,28,30,31);2H,1H2/t19-,20+;16-,17+;/m00./s1. The number of aromatic amines is 2. The highest BCUT2D eigenvalue weighted by molar-refractivity contribution is 6.66. The van der Waals surface area contributed by atoms with Crippen LogP contribution in [0.5, 0.6) is 0 Å². The van der Waals surface area contributed by atoms with Crippen molar-refractivity contribution >= 4 is 85.6 Å². The Bertz CT molecular complexity index is 2800. The molecule has 0 spiro atoms. The number of carbonyl (C=O) groups is 3. The van der Waals surface area contributed by atoms with E-state index in [4.69, 9.17) is 44.8 Å². The van der Waals surface area contributed by atoms with E-state index in [-0.39, 0.29) is 29.8 Å². The number of para-hydroxylation sites is 2. The minimum absolute atomic E-state index is 0.0508. The van der Waals surface area contributed by atoms with Gasteiger partial charge in [0.25, 0.3) is 0 Å². The molecule has 4 aliphatic rings. The van der Waals surface area contributed by atoms with Crippen LogP contribution in [0.1, 0.15) is 77.0 Å². The average molecular weight is 1040 g/mol. The maximum absolute atomic E-state index is 12.7. The number of piperidine rings is 2. The van der Waals surface area contributed by atoms with Gasteiger partial charge in [0, 0.05) is 88.5 Å². The van der Waals surface area contributed by atoms with Crippen LogP contribution in [0.15, 0.2) is 98.6 Å². The summed E-state index contributed by atoms with van der Waals surface area (Å²) < 4.78 is 0. The molecule has 4 fully saturated rings. The second-order valence-corrected chi connectivity index (χ2v) is 20.3. The summed E-state index contributed by atoms with van der Waals surface area (Å²) in [5.74, 6) is 2.22. The van der Waals surface area contributed by atoms with Gasteiger partial charge in [-0.1, -0.05) is 72.8 Å².